The van der Waals surface area contributed by atoms with E-state index in [4.69, 9.17) is 16.7 Å². The predicted molar refractivity (Wildman–Crippen MR) is 145 cm³/mol. The van der Waals surface area contributed by atoms with Gasteiger partial charge in [0.2, 0.25) is 9.84 Å². The quantitative estimate of drug-likeness (QED) is 0.350. The first-order chi connectivity index (χ1) is 17.5. The van der Waals surface area contributed by atoms with Gasteiger partial charge in [0.1, 0.15) is 0 Å². The number of sulfone groups is 1. The molecular formula is C28H25ClN4O2S. The number of hydrogen-bond acceptors (Lipinski definition) is 5. The van der Waals surface area contributed by atoms with Crippen molar-refractivity contribution in [3.63, 3.8) is 0 Å². The fourth-order valence-corrected chi connectivity index (χ4v) is 6.60. The molecule has 0 bridgehead atoms. The van der Waals surface area contributed by atoms with Crippen LogP contribution in [0.5, 0.6) is 0 Å². The number of halogens is 1. The largest absolute Gasteiger partial charge is 0.369 e. The van der Waals surface area contributed by atoms with Crippen LogP contribution in [0.15, 0.2) is 94.9 Å². The van der Waals surface area contributed by atoms with Gasteiger partial charge in [0.25, 0.3) is 0 Å². The third kappa shape index (κ3) is 4.13. The molecule has 6 nitrogen and oxygen atoms in total. The normalized spacial score (nSPS) is 14.5. The van der Waals surface area contributed by atoms with Crippen LogP contribution in [0.25, 0.3) is 21.7 Å². The van der Waals surface area contributed by atoms with Gasteiger partial charge in [0, 0.05) is 47.7 Å². The van der Waals surface area contributed by atoms with Crippen LogP contribution in [0.4, 0.5) is 5.69 Å². The Kier molecular flexibility index (Phi) is 5.91. The van der Waals surface area contributed by atoms with Gasteiger partial charge in [-0.25, -0.2) is 8.42 Å². The summed E-state index contributed by atoms with van der Waals surface area (Å²) >= 11 is 6.07. The molecule has 0 unspecified atom stereocenters. The second-order valence-electron chi connectivity index (χ2n) is 9.01. The maximum Gasteiger partial charge on any atom is 0.226 e. The summed E-state index contributed by atoms with van der Waals surface area (Å²) in [5.41, 5.74) is 2.77. The molecule has 1 aliphatic heterocycles. The van der Waals surface area contributed by atoms with E-state index in [1.165, 1.54) is 0 Å². The molecule has 0 spiro atoms. The molecule has 5 aromatic rings. The number of piperazine rings is 1. The van der Waals surface area contributed by atoms with Crippen molar-refractivity contribution < 1.29 is 8.42 Å². The van der Waals surface area contributed by atoms with E-state index in [1.807, 2.05) is 66.7 Å². The lowest BCUT2D eigenvalue weighted by Gasteiger charge is -2.29. The van der Waals surface area contributed by atoms with Gasteiger partial charge in [-0.1, -0.05) is 60.1 Å². The molecule has 1 saturated heterocycles. The van der Waals surface area contributed by atoms with Crippen LogP contribution in [0, 0.1) is 0 Å². The summed E-state index contributed by atoms with van der Waals surface area (Å²) in [6.07, 6.45) is 0. The van der Waals surface area contributed by atoms with Gasteiger partial charge in [-0.3, -0.25) is 4.68 Å². The summed E-state index contributed by atoms with van der Waals surface area (Å²) in [5, 5.41) is 11.0. The Morgan fingerprint density at radius 3 is 2.42 bits per heavy atom. The number of nitrogens with zero attached hydrogens (tertiary/aromatic N) is 3. The average Bonchev–Trinajstić information content (AvgIpc) is 3.28. The summed E-state index contributed by atoms with van der Waals surface area (Å²) in [7, 11) is -3.90. The molecule has 0 aliphatic carbocycles. The van der Waals surface area contributed by atoms with Gasteiger partial charge < -0.3 is 10.2 Å². The third-order valence-electron chi connectivity index (χ3n) is 6.72. The number of benzene rings is 4. The van der Waals surface area contributed by atoms with E-state index in [0.29, 0.717) is 22.3 Å². The fourth-order valence-electron chi connectivity index (χ4n) is 4.87. The predicted octanol–water partition coefficient (Wildman–Crippen LogP) is 5.13. The van der Waals surface area contributed by atoms with Crippen LogP contribution < -0.4 is 10.2 Å². The van der Waals surface area contributed by atoms with Crippen LogP contribution in [-0.2, 0) is 16.4 Å². The van der Waals surface area contributed by atoms with Crippen LogP contribution in [0.1, 0.15) is 5.56 Å². The zero-order chi connectivity index (χ0) is 24.7. The summed E-state index contributed by atoms with van der Waals surface area (Å²) < 4.78 is 30.1. The third-order valence-corrected chi connectivity index (χ3v) is 8.72. The molecule has 6 rings (SSSR count). The molecule has 0 amide bonds. The van der Waals surface area contributed by atoms with Crippen LogP contribution in [0.3, 0.4) is 0 Å². The van der Waals surface area contributed by atoms with Gasteiger partial charge in [-0.2, -0.15) is 5.10 Å². The van der Waals surface area contributed by atoms with Crippen molar-refractivity contribution in [3.05, 3.63) is 95.5 Å². The molecule has 1 N–H and O–H groups in total. The van der Waals surface area contributed by atoms with E-state index < -0.39 is 9.84 Å². The SMILES string of the molecule is O=S(=O)(c1cccc2ccccc12)c1nn(Cc2ccc(Cl)cc2)c2ccc(N3CCNCC3)cc12. The van der Waals surface area contributed by atoms with Crippen LogP contribution in [0.2, 0.25) is 5.02 Å². The summed E-state index contributed by atoms with van der Waals surface area (Å²) in [5.74, 6) is 0. The van der Waals surface area contributed by atoms with Crippen molar-refractivity contribution >= 4 is 48.8 Å². The van der Waals surface area contributed by atoms with E-state index in [1.54, 1.807) is 16.8 Å². The number of fused-ring (bicyclic) bond motifs is 2. The maximum atomic E-state index is 14.1. The zero-order valence-corrected chi connectivity index (χ0v) is 21.1. The standard InChI is InChI=1S/C28H25ClN4O2S/c29-22-10-8-20(9-11-22)19-33-26-13-12-23(32-16-14-30-15-17-32)18-25(26)28(31-33)36(34,35)27-7-3-5-21-4-1-2-6-24(21)27/h1-13,18,30H,14-17,19H2. The molecule has 0 radical (unpaired) electrons. The zero-order valence-electron chi connectivity index (χ0n) is 19.6. The molecule has 36 heavy (non-hydrogen) atoms. The van der Waals surface area contributed by atoms with E-state index in [0.717, 1.165) is 48.3 Å². The van der Waals surface area contributed by atoms with Crippen molar-refractivity contribution in [2.24, 2.45) is 0 Å². The monoisotopic (exact) mass is 516 g/mol. The molecule has 4 aromatic carbocycles. The summed E-state index contributed by atoms with van der Waals surface area (Å²) in [6.45, 7) is 3.97. The lowest BCUT2D eigenvalue weighted by atomic mass is 10.1. The van der Waals surface area contributed by atoms with Crippen molar-refractivity contribution in [2.45, 2.75) is 16.5 Å². The number of aromatic nitrogens is 2. The highest BCUT2D eigenvalue weighted by atomic mass is 35.5. The Balaban J connectivity index is 1.54. The van der Waals surface area contributed by atoms with Gasteiger partial charge in [0.05, 0.1) is 17.0 Å². The minimum absolute atomic E-state index is 0.0831. The lowest BCUT2D eigenvalue weighted by Crippen LogP contribution is -2.43. The number of nitrogens with one attached hydrogen (secondary N) is 1. The van der Waals surface area contributed by atoms with Crippen molar-refractivity contribution in [2.75, 3.05) is 31.1 Å². The van der Waals surface area contributed by atoms with Crippen LogP contribution in [-0.4, -0.2) is 44.4 Å². The second kappa shape index (κ2) is 9.24. The Bertz CT molecular complexity index is 1670. The van der Waals surface area contributed by atoms with Crippen molar-refractivity contribution in [3.8, 4) is 0 Å². The maximum absolute atomic E-state index is 14.1. The first-order valence-electron chi connectivity index (χ1n) is 11.9. The average molecular weight is 517 g/mol. The van der Waals surface area contributed by atoms with Crippen LogP contribution >= 0.6 is 11.6 Å². The van der Waals surface area contributed by atoms with E-state index in [2.05, 4.69) is 16.3 Å². The Hall–Kier alpha value is -3.39. The van der Waals surface area contributed by atoms with E-state index in [9.17, 15) is 8.42 Å². The highest BCUT2D eigenvalue weighted by Gasteiger charge is 2.28. The molecule has 1 aromatic heterocycles. The number of anilines is 1. The van der Waals surface area contributed by atoms with Gasteiger partial charge in [-0.15, -0.1) is 0 Å². The molecule has 1 aliphatic rings. The van der Waals surface area contributed by atoms with Gasteiger partial charge in [-0.05, 0) is 47.3 Å². The summed E-state index contributed by atoms with van der Waals surface area (Å²) in [6, 6.07) is 26.5. The fraction of sp³-hybridized carbons (Fsp3) is 0.179. The lowest BCUT2D eigenvalue weighted by molar-refractivity contribution is 0.587. The minimum Gasteiger partial charge on any atom is -0.369 e. The topological polar surface area (TPSA) is 67.2 Å². The van der Waals surface area contributed by atoms with Crippen molar-refractivity contribution in [1.82, 2.24) is 15.1 Å². The van der Waals surface area contributed by atoms with E-state index in [-0.39, 0.29) is 9.92 Å². The highest BCUT2D eigenvalue weighted by Crippen LogP contribution is 2.34. The van der Waals surface area contributed by atoms with E-state index >= 15 is 0 Å². The highest BCUT2D eigenvalue weighted by molar-refractivity contribution is 7.91. The molecule has 0 saturated carbocycles. The smallest absolute Gasteiger partial charge is 0.226 e. The van der Waals surface area contributed by atoms with Gasteiger partial charge in [0.15, 0.2) is 5.03 Å². The summed E-state index contributed by atoms with van der Waals surface area (Å²) in [4.78, 5) is 2.55. The Morgan fingerprint density at radius 1 is 0.861 bits per heavy atom. The molecule has 1 fully saturated rings. The molecule has 8 heteroatoms. The molecule has 2 heterocycles. The number of rotatable bonds is 5. The van der Waals surface area contributed by atoms with Crippen molar-refractivity contribution in [1.29, 1.82) is 0 Å². The first kappa shape index (κ1) is 23.0. The minimum atomic E-state index is -3.90. The second-order valence-corrected chi connectivity index (χ2v) is 11.3. The molecule has 0 atom stereocenters. The number of hydrogen-bond donors (Lipinski definition) is 1. The molecular weight excluding hydrogens is 492 g/mol. The molecule has 182 valence electrons. The Morgan fingerprint density at radius 2 is 1.61 bits per heavy atom. The Labute approximate surface area is 215 Å². The van der Waals surface area contributed by atoms with Gasteiger partial charge >= 0.3 is 0 Å². The first-order valence-corrected chi connectivity index (χ1v) is 13.8.